The minimum atomic E-state index is -2.38. The third-order valence-corrected chi connectivity index (χ3v) is 2.91. The van der Waals surface area contributed by atoms with E-state index in [2.05, 4.69) is 22.9 Å². The van der Waals surface area contributed by atoms with Gasteiger partial charge in [0, 0.05) is 10.9 Å². The zero-order valence-electron chi connectivity index (χ0n) is 8.51. The van der Waals surface area contributed by atoms with Gasteiger partial charge in [-0.3, -0.25) is 0 Å². The van der Waals surface area contributed by atoms with Gasteiger partial charge in [0.15, 0.2) is 0 Å². The van der Waals surface area contributed by atoms with Crippen molar-refractivity contribution in [1.82, 2.24) is 0 Å². The zero-order valence-corrected chi connectivity index (χ0v) is 10.1. The standard InChI is InChI=1S/C12H13BrF2/c1-2-9(8-13)7-10-3-5-11(6-4-10)12(14)15/h3-7,12H,2,8H2,1H3/b9-7-. The minimum absolute atomic E-state index is 0.0732. The Bertz CT molecular complexity index is 322. The highest BCUT2D eigenvalue weighted by molar-refractivity contribution is 9.09. The first-order valence-electron chi connectivity index (χ1n) is 4.81. The summed E-state index contributed by atoms with van der Waals surface area (Å²) in [5.41, 5.74) is 2.29. The van der Waals surface area contributed by atoms with E-state index in [1.165, 1.54) is 17.7 Å². The Kier molecular flexibility index (Phi) is 4.95. The average molecular weight is 275 g/mol. The Morgan fingerprint density at radius 1 is 1.33 bits per heavy atom. The van der Waals surface area contributed by atoms with E-state index < -0.39 is 6.43 Å². The van der Waals surface area contributed by atoms with Crippen molar-refractivity contribution in [3.8, 4) is 0 Å². The van der Waals surface area contributed by atoms with Gasteiger partial charge >= 0.3 is 0 Å². The van der Waals surface area contributed by atoms with Gasteiger partial charge in [-0.15, -0.1) is 0 Å². The van der Waals surface area contributed by atoms with Gasteiger partial charge in [0.1, 0.15) is 0 Å². The van der Waals surface area contributed by atoms with Crippen molar-refractivity contribution in [1.29, 1.82) is 0 Å². The van der Waals surface area contributed by atoms with Crippen molar-refractivity contribution in [2.24, 2.45) is 0 Å². The molecular weight excluding hydrogens is 262 g/mol. The topological polar surface area (TPSA) is 0 Å². The summed E-state index contributed by atoms with van der Waals surface area (Å²) >= 11 is 3.38. The molecule has 0 aliphatic carbocycles. The maximum atomic E-state index is 12.3. The molecule has 3 heteroatoms. The Morgan fingerprint density at radius 2 is 1.93 bits per heavy atom. The molecule has 82 valence electrons. The number of hydrogen-bond acceptors (Lipinski definition) is 0. The van der Waals surface area contributed by atoms with E-state index in [0.29, 0.717) is 0 Å². The van der Waals surface area contributed by atoms with Crippen molar-refractivity contribution in [2.75, 3.05) is 5.33 Å². The fraction of sp³-hybridized carbons (Fsp3) is 0.333. The van der Waals surface area contributed by atoms with Crippen LogP contribution < -0.4 is 0 Å². The van der Waals surface area contributed by atoms with Gasteiger partial charge in [0.05, 0.1) is 0 Å². The molecule has 0 N–H and O–H groups in total. The van der Waals surface area contributed by atoms with Crippen LogP contribution in [0.5, 0.6) is 0 Å². The van der Waals surface area contributed by atoms with Gasteiger partial charge in [-0.1, -0.05) is 58.8 Å². The summed E-state index contributed by atoms with van der Waals surface area (Å²) in [6.07, 6.45) is 0.594. The molecule has 1 aromatic carbocycles. The highest BCUT2D eigenvalue weighted by Crippen LogP contribution is 2.20. The van der Waals surface area contributed by atoms with E-state index in [0.717, 1.165) is 17.3 Å². The first-order valence-corrected chi connectivity index (χ1v) is 5.93. The molecule has 0 aliphatic rings. The van der Waals surface area contributed by atoms with Crippen LogP contribution in [0.2, 0.25) is 0 Å². The molecule has 0 aliphatic heterocycles. The van der Waals surface area contributed by atoms with Crippen molar-refractivity contribution in [3.63, 3.8) is 0 Å². The van der Waals surface area contributed by atoms with E-state index in [-0.39, 0.29) is 5.56 Å². The van der Waals surface area contributed by atoms with Crippen LogP contribution in [-0.4, -0.2) is 5.33 Å². The van der Waals surface area contributed by atoms with Crippen LogP contribution in [0.15, 0.2) is 29.8 Å². The number of allylic oxidation sites excluding steroid dienone is 1. The van der Waals surface area contributed by atoms with Crippen LogP contribution in [-0.2, 0) is 0 Å². The van der Waals surface area contributed by atoms with Crippen molar-refractivity contribution in [3.05, 3.63) is 41.0 Å². The summed E-state index contributed by atoms with van der Waals surface area (Å²) in [4.78, 5) is 0. The Hall–Kier alpha value is -0.700. The van der Waals surface area contributed by atoms with Crippen LogP contribution in [0.25, 0.3) is 6.08 Å². The number of rotatable bonds is 4. The molecule has 0 saturated heterocycles. The average Bonchev–Trinajstić information content (AvgIpc) is 2.26. The fourth-order valence-corrected chi connectivity index (χ4v) is 1.77. The molecule has 0 unspecified atom stereocenters. The molecule has 0 spiro atoms. The van der Waals surface area contributed by atoms with Gasteiger partial charge in [-0.2, -0.15) is 0 Å². The van der Waals surface area contributed by atoms with Crippen LogP contribution in [0.1, 0.15) is 30.9 Å². The van der Waals surface area contributed by atoms with Gasteiger partial charge in [0.2, 0.25) is 0 Å². The summed E-state index contributed by atoms with van der Waals surface area (Å²) in [7, 11) is 0. The predicted molar refractivity (Wildman–Crippen MR) is 63.5 cm³/mol. The second-order valence-electron chi connectivity index (χ2n) is 3.26. The van der Waals surface area contributed by atoms with Crippen LogP contribution >= 0.6 is 15.9 Å². The molecule has 0 amide bonds. The summed E-state index contributed by atoms with van der Waals surface area (Å²) in [5.74, 6) is 0. The van der Waals surface area contributed by atoms with E-state index in [4.69, 9.17) is 0 Å². The van der Waals surface area contributed by atoms with Crippen molar-refractivity contribution in [2.45, 2.75) is 19.8 Å². The molecule has 15 heavy (non-hydrogen) atoms. The largest absolute Gasteiger partial charge is 0.263 e. The van der Waals surface area contributed by atoms with Gasteiger partial charge < -0.3 is 0 Å². The molecule has 0 aromatic heterocycles. The smallest absolute Gasteiger partial charge is 0.205 e. The van der Waals surface area contributed by atoms with Crippen molar-refractivity contribution >= 4 is 22.0 Å². The molecule has 0 nitrogen and oxygen atoms in total. The lowest BCUT2D eigenvalue weighted by Gasteiger charge is -2.02. The van der Waals surface area contributed by atoms with Crippen LogP contribution in [0.3, 0.4) is 0 Å². The molecular formula is C12H13BrF2. The minimum Gasteiger partial charge on any atom is -0.205 e. The third kappa shape index (κ3) is 3.74. The summed E-state index contributed by atoms with van der Waals surface area (Å²) in [6.45, 7) is 2.07. The van der Waals surface area contributed by atoms with E-state index in [1.807, 2.05) is 6.08 Å². The zero-order chi connectivity index (χ0) is 11.3. The predicted octanol–water partition coefficient (Wildman–Crippen LogP) is 4.81. The fourth-order valence-electron chi connectivity index (χ4n) is 1.21. The highest BCUT2D eigenvalue weighted by atomic mass is 79.9. The Labute approximate surface area is 97.1 Å². The molecule has 1 aromatic rings. The summed E-state index contributed by atoms with van der Waals surface area (Å²) in [6, 6.07) is 6.38. The molecule has 0 atom stereocenters. The summed E-state index contributed by atoms with van der Waals surface area (Å²) < 4.78 is 24.5. The first kappa shape index (κ1) is 12.4. The lowest BCUT2D eigenvalue weighted by Crippen LogP contribution is -1.85. The number of halogens is 3. The van der Waals surface area contributed by atoms with Crippen molar-refractivity contribution < 1.29 is 8.78 Å². The van der Waals surface area contributed by atoms with Gasteiger partial charge in [-0.25, -0.2) is 8.78 Å². The van der Waals surface area contributed by atoms with E-state index >= 15 is 0 Å². The normalized spacial score (nSPS) is 12.2. The van der Waals surface area contributed by atoms with Gasteiger partial charge in [-0.05, 0) is 12.0 Å². The third-order valence-electron chi connectivity index (χ3n) is 2.19. The molecule has 0 saturated carbocycles. The molecule has 0 heterocycles. The van der Waals surface area contributed by atoms with Gasteiger partial charge in [0.25, 0.3) is 6.43 Å². The quantitative estimate of drug-likeness (QED) is 0.691. The Morgan fingerprint density at radius 3 is 2.33 bits per heavy atom. The van der Waals surface area contributed by atoms with Crippen LogP contribution in [0, 0.1) is 0 Å². The Balaban J connectivity index is 2.84. The lowest BCUT2D eigenvalue weighted by atomic mass is 10.1. The lowest BCUT2D eigenvalue weighted by molar-refractivity contribution is 0.151. The molecule has 1 rings (SSSR count). The molecule has 0 fully saturated rings. The second-order valence-corrected chi connectivity index (χ2v) is 3.82. The van der Waals surface area contributed by atoms with Crippen LogP contribution in [0.4, 0.5) is 8.78 Å². The summed E-state index contributed by atoms with van der Waals surface area (Å²) in [5, 5.41) is 0.820. The number of hydrogen-bond donors (Lipinski definition) is 0. The highest BCUT2D eigenvalue weighted by Gasteiger charge is 2.05. The monoisotopic (exact) mass is 274 g/mol. The maximum absolute atomic E-state index is 12.3. The number of alkyl halides is 3. The SMILES string of the molecule is CC/C(=C/c1ccc(C(F)F)cc1)CBr. The maximum Gasteiger partial charge on any atom is 0.263 e. The van der Waals surface area contributed by atoms with E-state index in [1.54, 1.807) is 12.1 Å². The van der Waals surface area contributed by atoms with E-state index in [9.17, 15) is 8.78 Å². The number of benzene rings is 1. The first-order chi connectivity index (χ1) is 7.17. The molecule has 0 bridgehead atoms. The molecule has 0 radical (unpaired) electrons. The second kappa shape index (κ2) is 6.01.